The van der Waals surface area contributed by atoms with Crippen molar-refractivity contribution in [1.82, 2.24) is 4.90 Å². The van der Waals surface area contributed by atoms with Gasteiger partial charge >= 0.3 is 0 Å². The van der Waals surface area contributed by atoms with Gasteiger partial charge in [0.1, 0.15) is 0 Å². The van der Waals surface area contributed by atoms with Gasteiger partial charge in [0.05, 0.1) is 4.88 Å². The third kappa shape index (κ3) is 5.85. The quantitative estimate of drug-likeness (QED) is 0.804. The second-order valence-electron chi connectivity index (χ2n) is 6.54. The highest BCUT2D eigenvalue weighted by molar-refractivity contribution is 7.12. The number of nitrogens with zero attached hydrogens (tertiary/aromatic N) is 1. The molecule has 0 aliphatic rings. The molecule has 0 aliphatic heterocycles. The van der Waals surface area contributed by atoms with E-state index in [-0.39, 0.29) is 29.6 Å². The highest BCUT2D eigenvalue weighted by Crippen LogP contribution is 2.18. The molecule has 1 aromatic carbocycles. The lowest BCUT2D eigenvalue weighted by Crippen LogP contribution is -2.39. The zero-order chi connectivity index (χ0) is 17.7. The molecule has 3 N–H and O–H groups in total. The van der Waals surface area contributed by atoms with Crippen LogP contribution >= 0.6 is 23.7 Å². The lowest BCUT2D eigenvalue weighted by molar-refractivity contribution is 0.0740. The van der Waals surface area contributed by atoms with E-state index in [1.807, 2.05) is 25.3 Å². The zero-order valence-electron chi connectivity index (χ0n) is 14.6. The van der Waals surface area contributed by atoms with Crippen LogP contribution in [0.25, 0.3) is 0 Å². The zero-order valence-corrected chi connectivity index (χ0v) is 16.2. The SMILES string of the molecule is CN(CC(C)(C)CN)C(=O)c1cccc(NC(=O)c2cccs2)c1.Cl. The van der Waals surface area contributed by atoms with Crippen molar-refractivity contribution >= 4 is 41.2 Å². The van der Waals surface area contributed by atoms with Crippen LogP contribution in [-0.4, -0.2) is 36.9 Å². The first-order valence-corrected chi connectivity index (χ1v) is 8.61. The number of halogens is 1. The van der Waals surface area contributed by atoms with E-state index in [2.05, 4.69) is 5.32 Å². The van der Waals surface area contributed by atoms with Crippen LogP contribution in [0.5, 0.6) is 0 Å². The van der Waals surface area contributed by atoms with Crippen molar-refractivity contribution in [2.45, 2.75) is 13.8 Å². The molecule has 2 amide bonds. The normalized spacial score (nSPS) is 10.7. The summed E-state index contributed by atoms with van der Waals surface area (Å²) in [6, 6.07) is 10.6. The van der Waals surface area contributed by atoms with E-state index < -0.39 is 0 Å². The van der Waals surface area contributed by atoms with Crippen molar-refractivity contribution in [3.05, 3.63) is 52.2 Å². The summed E-state index contributed by atoms with van der Waals surface area (Å²) in [4.78, 5) is 27.0. The Hall–Kier alpha value is -1.89. The molecule has 0 spiro atoms. The number of anilines is 1. The Bertz CT molecular complexity index is 717. The molecule has 0 fully saturated rings. The smallest absolute Gasteiger partial charge is 0.265 e. The molecule has 25 heavy (non-hydrogen) atoms. The lowest BCUT2D eigenvalue weighted by Gasteiger charge is -2.29. The molecule has 0 saturated heterocycles. The van der Waals surface area contributed by atoms with E-state index in [9.17, 15) is 9.59 Å². The van der Waals surface area contributed by atoms with E-state index in [0.29, 0.717) is 29.2 Å². The highest BCUT2D eigenvalue weighted by atomic mass is 35.5. The fourth-order valence-electron chi connectivity index (χ4n) is 2.33. The fraction of sp³-hybridized carbons (Fsp3) is 0.333. The molecule has 1 aromatic heterocycles. The van der Waals surface area contributed by atoms with Gasteiger partial charge in [-0.05, 0) is 41.6 Å². The first kappa shape index (κ1) is 21.2. The summed E-state index contributed by atoms with van der Waals surface area (Å²) < 4.78 is 0. The number of rotatable bonds is 6. The van der Waals surface area contributed by atoms with Crippen molar-refractivity contribution < 1.29 is 9.59 Å². The number of thiophene rings is 1. The number of nitrogens with two attached hydrogens (primary N) is 1. The molecule has 5 nitrogen and oxygen atoms in total. The van der Waals surface area contributed by atoms with Crippen LogP contribution in [0.2, 0.25) is 0 Å². The predicted molar refractivity (Wildman–Crippen MR) is 106 cm³/mol. The Morgan fingerprint density at radius 2 is 1.96 bits per heavy atom. The van der Waals surface area contributed by atoms with Crippen LogP contribution < -0.4 is 11.1 Å². The van der Waals surface area contributed by atoms with E-state index in [1.54, 1.807) is 42.3 Å². The number of hydrogen-bond donors (Lipinski definition) is 2. The molecule has 1 heterocycles. The largest absolute Gasteiger partial charge is 0.341 e. The molecule has 0 radical (unpaired) electrons. The van der Waals surface area contributed by atoms with Crippen molar-refractivity contribution in [2.24, 2.45) is 11.1 Å². The molecule has 2 rings (SSSR count). The van der Waals surface area contributed by atoms with Gasteiger partial charge in [-0.3, -0.25) is 9.59 Å². The van der Waals surface area contributed by atoms with Crippen LogP contribution in [0.4, 0.5) is 5.69 Å². The standard InChI is InChI=1S/C18H23N3O2S.ClH/c1-18(2,11-19)12-21(3)17(23)13-6-4-7-14(10-13)20-16(22)15-8-5-9-24-15;/h4-10H,11-12,19H2,1-3H3,(H,20,22);1H. The number of benzene rings is 1. The summed E-state index contributed by atoms with van der Waals surface area (Å²) in [7, 11) is 1.76. The minimum absolute atomic E-state index is 0. The van der Waals surface area contributed by atoms with E-state index in [0.717, 1.165) is 0 Å². The van der Waals surface area contributed by atoms with Crippen LogP contribution in [-0.2, 0) is 0 Å². The highest BCUT2D eigenvalue weighted by Gasteiger charge is 2.22. The Morgan fingerprint density at radius 3 is 2.56 bits per heavy atom. The number of amides is 2. The Kier molecular flexibility index (Phi) is 7.60. The average molecular weight is 382 g/mol. The summed E-state index contributed by atoms with van der Waals surface area (Å²) in [5.74, 6) is -0.268. The molecular formula is C18H24ClN3O2S. The minimum atomic E-state index is -0.174. The van der Waals surface area contributed by atoms with Gasteiger partial charge in [-0.1, -0.05) is 26.0 Å². The summed E-state index contributed by atoms with van der Waals surface area (Å²) in [5.41, 5.74) is 6.73. The predicted octanol–water partition coefficient (Wildman–Crippen LogP) is 3.48. The molecule has 0 saturated carbocycles. The molecule has 7 heteroatoms. The first-order valence-electron chi connectivity index (χ1n) is 7.73. The Labute approximate surface area is 158 Å². The van der Waals surface area contributed by atoms with Crippen molar-refractivity contribution in [2.75, 3.05) is 25.5 Å². The van der Waals surface area contributed by atoms with E-state index >= 15 is 0 Å². The van der Waals surface area contributed by atoms with Gasteiger partial charge in [0.2, 0.25) is 0 Å². The van der Waals surface area contributed by atoms with E-state index in [1.165, 1.54) is 11.3 Å². The Balaban J connectivity index is 0.00000312. The molecule has 0 atom stereocenters. The maximum atomic E-state index is 12.6. The number of hydrogen-bond acceptors (Lipinski definition) is 4. The van der Waals surface area contributed by atoms with Crippen molar-refractivity contribution in [3.63, 3.8) is 0 Å². The van der Waals surface area contributed by atoms with Crippen LogP contribution in [0.1, 0.15) is 33.9 Å². The third-order valence-corrected chi connectivity index (χ3v) is 4.55. The molecule has 0 aliphatic carbocycles. The average Bonchev–Trinajstić information content (AvgIpc) is 3.08. The minimum Gasteiger partial charge on any atom is -0.341 e. The third-order valence-electron chi connectivity index (χ3n) is 3.68. The van der Waals surface area contributed by atoms with Crippen molar-refractivity contribution in [3.8, 4) is 0 Å². The maximum absolute atomic E-state index is 12.6. The van der Waals surface area contributed by atoms with Crippen LogP contribution in [0.3, 0.4) is 0 Å². The number of nitrogens with one attached hydrogen (secondary N) is 1. The van der Waals surface area contributed by atoms with Gasteiger partial charge in [0, 0.05) is 24.8 Å². The summed E-state index contributed by atoms with van der Waals surface area (Å²) in [6.45, 7) is 5.11. The van der Waals surface area contributed by atoms with Crippen molar-refractivity contribution in [1.29, 1.82) is 0 Å². The first-order chi connectivity index (χ1) is 11.3. The van der Waals surface area contributed by atoms with Gasteiger partial charge in [0.25, 0.3) is 11.8 Å². The monoisotopic (exact) mass is 381 g/mol. The molecule has 0 unspecified atom stereocenters. The molecule has 136 valence electrons. The van der Waals surface area contributed by atoms with Gasteiger partial charge < -0.3 is 16.0 Å². The lowest BCUT2D eigenvalue weighted by atomic mass is 9.93. The molecule has 0 bridgehead atoms. The van der Waals surface area contributed by atoms with Gasteiger partial charge in [-0.25, -0.2) is 0 Å². The molecular weight excluding hydrogens is 358 g/mol. The van der Waals surface area contributed by atoms with Gasteiger partial charge in [-0.15, -0.1) is 23.7 Å². The second kappa shape index (κ2) is 8.99. The maximum Gasteiger partial charge on any atom is 0.265 e. The molecule has 2 aromatic rings. The Morgan fingerprint density at radius 1 is 1.24 bits per heavy atom. The second-order valence-corrected chi connectivity index (χ2v) is 7.49. The van der Waals surface area contributed by atoms with Crippen LogP contribution in [0, 0.1) is 5.41 Å². The summed E-state index contributed by atoms with van der Waals surface area (Å²) >= 11 is 1.38. The fourth-order valence-corrected chi connectivity index (χ4v) is 2.95. The van der Waals surface area contributed by atoms with Crippen LogP contribution in [0.15, 0.2) is 41.8 Å². The summed E-state index contributed by atoms with van der Waals surface area (Å²) in [6.07, 6.45) is 0. The van der Waals surface area contributed by atoms with Gasteiger partial charge in [-0.2, -0.15) is 0 Å². The van der Waals surface area contributed by atoms with E-state index in [4.69, 9.17) is 5.73 Å². The number of carbonyl (C=O) groups excluding carboxylic acids is 2. The number of carbonyl (C=O) groups is 2. The summed E-state index contributed by atoms with van der Waals surface area (Å²) in [5, 5.41) is 4.67. The van der Waals surface area contributed by atoms with Gasteiger partial charge in [0.15, 0.2) is 0 Å². The topological polar surface area (TPSA) is 75.4 Å².